The van der Waals surface area contributed by atoms with E-state index in [2.05, 4.69) is 4.74 Å². The summed E-state index contributed by atoms with van der Waals surface area (Å²) < 4.78 is 4.54. The highest BCUT2D eigenvalue weighted by Gasteiger charge is 2.41. The molecule has 0 saturated carbocycles. The Bertz CT molecular complexity index is 124. The van der Waals surface area contributed by atoms with Crippen LogP contribution in [0.1, 0.15) is 6.42 Å². The molecule has 0 amide bonds. The molecule has 1 fully saturated rings. The maximum Gasteiger partial charge on any atom is 0.250 e. The molecule has 2 N–H and O–H groups in total. The van der Waals surface area contributed by atoms with Gasteiger partial charge in [0, 0.05) is 6.42 Å². The van der Waals surface area contributed by atoms with Crippen molar-refractivity contribution in [2.24, 2.45) is 0 Å². The molecule has 1 heterocycles. The van der Waals surface area contributed by atoms with Crippen LogP contribution in [0.5, 0.6) is 0 Å². The first-order valence-corrected chi connectivity index (χ1v) is 2.70. The molecule has 2 unspecified atom stereocenters. The fraction of sp³-hybridized carbons (Fsp3) is 0.800. The standard InChI is InChI=1S/C5H8O4/c6-3-5(8)4(7)1-2-9-5/h3-4,7-8H,1-2H2. The molecule has 0 aromatic carbocycles. The lowest BCUT2D eigenvalue weighted by molar-refractivity contribution is -0.199. The van der Waals surface area contributed by atoms with E-state index in [4.69, 9.17) is 10.2 Å². The number of hydrogen-bond donors (Lipinski definition) is 2. The zero-order valence-corrected chi connectivity index (χ0v) is 4.78. The highest BCUT2D eigenvalue weighted by Crippen LogP contribution is 2.20. The minimum absolute atomic E-state index is 0.213. The Morgan fingerprint density at radius 1 is 1.78 bits per heavy atom. The third-order valence-electron chi connectivity index (χ3n) is 1.37. The number of ether oxygens (including phenoxy) is 1. The average molecular weight is 132 g/mol. The third kappa shape index (κ3) is 0.962. The van der Waals surface area contributed by atoms with Gasteiger partial charge in [0.1, 0.15) is 6.10 Å². The highest BCUT2D eigenvalue weighted by atomic mass is 16.6. The lowest BCUT2D eigenvalue weighted by Gasteiger charge is -2.16. The van der Waals surface area contributed by atoms with Crippen LogP contribution in [0.15, 0.2) is 0 Å². The van der Waals surface area contributed by atoms with Crippen molar-refractivity contribution in [3.05, 3.63) is 0 Å². The van der Waals surface area contributed by atoms with E-state index < -0.39 is 11.9 Å². The molecular formula is C5H8O4. The zero-order valence-electron chi connectivity index (χ0n) is 4.78. The minimum atomic E-state index is -1.93. The molecule has 0 bridgehead atoms. The fourth-order valence-corrected chi connectivity index (χ4v) is 0.750. The molecule has 0 aromatic rings. The van der Waals surface area contributed by atoms with Crippen molar-refractivity contribution >= 4 is 6.29 Å². The van der Waals surface area contributed by atoms with Crippen LogP contribution >= 0.6 is 0 Å². The van der Waals surface area contributed by atoms with Crippen LogP contribution in [-0.2, 0) is 9.53 Å². The summed E-state index contributed by atoms with van der Waals surface area (Å²) in [5, 5.41) is 17.8. The summed E-state index contributed by atoms with van der Waals surface area (Å²) in [6, 6.07) is 0. The molecule has 4 heteroatoms. The van der Waals surface area contributed by atoms with Gasteiger partial charge in [-0.15, -0.1) is 0 Å². The number of rotatable bonds is 1. The van der Waals surface area contributed by atoms with E-state index in [9.17, 15) is 4.79 Å². The summed E-state index contributed by atoms with van der Waals surface area (Å²) in [5.74, 6) is -1.93. The summed E-state index contributed by atoms with van der Waals surface area (Å²) in [6.45, 7) is 0.233. The highest BCUT2D eigenvalue weighted by molar-refractivity contribution is 5.61. The predicted molar refractivity (Wildman–Crippen MR) is 27.6 cm³/mol. The molecule has 0 spiro atoms. The molecule has 1 aliphatic heterocycles. The first-order valence-electron chi connectivity index (χ1n) is 2.70. The number of aliphatic hydroxyl groups is 2. The van der Waals surface area contributed by atoms with E-state index in [1.54, 1.807) is 0 Å². The van der Waals surface area contributed by atoms with Crippen molar-refractivity contribution in [2.45, 2.75) is 18.3 Å². The maximum atomic E-state index is 10.0. The van der Waals surface area contributed by atoms with Crippen molar-refractivity contribution in [3.63, 3.8) is 0 Å². The topological polar surface area (TPSA) is 66.8 Å². The summed E-state index contributed by atoms with van der Waals surface area (Å²) in [5.41, 5.74) is 0. The lowest BCUT2D eigenvalue weighted by Crippen LogP contribution is -2.40. The van der Waals surface area contributed by atoms with Crippen LogP contribution in [-0.4, -0.2) is 35.0 Å². The Morgan fingerprint density at radius 2 is 2.44 bits per heavy atom. The molecule has 0 radical (unpaired) electrons. The molecule has 1 rings (SSSR count). The van der Waals surface area contributed by atoms with Crippen LogP contribution in [0.4, 0.5) is 0 Å². The number of hydrogen-bond acceptors (Lipinski definition) is 4. The van der Waals surface area contributed by atoms with E-state index in [-0.39, 0.29) is 12.9 Å². The second-order valence-electron chi connectivity index (χ2n) is 2.02. The van der Waals surface area contributed by atoms with Crippen LogP contribution < -0.4 is 0 Å². The van der Waals surface area contributed by atoms with Gasteiger partial charge in [-0.05, 0) is 0 Å². The molecule has 1 saturated heterocycles. The first kappa shape index (κ1) is 6.67. The van der Waals surface area contributed by atoms with Gasteiger partial charge in [0.05, 0.1) is 6.61 Å². The SMILES string of the molecule is O=CC1(O)OCCC1O. The molecular weight excluding hydrogens is 124 g/mol. The maximum absolute atomic E-state index is 10.0. The van der Waals surface area contributed by atoms with Crippen LogP contribution in [0.25, 0.3) is 0 Å². The van der Waals surface area contributed by atoms with Crippen molar-refractivity contribution in [3.8, 4) is 0 Å². The molecule has 52 valence electrons. The number of aldehydes is 1. The van der Waals surface area contributed by atoms with E-state index >= 15 is 0 Å². The van der Waals surface area contributed by atoms with Crippen LogP contribution in [0.3, 0.4) is 0 Å². The van der Waals surface area contributed by atoms with Crippen molar-refractivity contribution in [1.82, 2.24) is 0 Å². The van der Waals surface area contributed by atoms with Gasteiger partial charge in [0.25, 0.3) is 0 Å². The quantitative estimate of drug-likeness (QED) is 0.433. The summed E-state index contributed by atoms with van der Waals surface area (Å²) in [4.78, 5) is 10.0. The monoisotopic (exact) mass is 132 g/mol. The Morgan fingerprint density at radius 3 is 2.67 bits per heavy atom. The number of aliphatic hydroxyl groups excluding tert-OH is 1. The minimum Gasteiger partial charge on any atom is -0.387 e. The molecule has 9 heavy (non-hydrogen) atoms. The van der Waals surface area contributed by atoms with Gasteiger partial charge in [-0.25, -0.2) is 0 Å². The van der Waals surface area contributed by atoms with Crippen molar-refractivity contribution < 1.29 is 19.7 Å². The van der Waals surface area contributed by atoms with E-state index in [1.807, 2.05) is 0 Å². The second kappa shape index (κ2) is 2.06. The lowest BCUT2D eigenvalue weighted by atomic mass is 10.1. The summed E-state index contributed by atoms with van der Waals surface area (Å²) in [7, 11) is 0. The van der Waals surface area contributed by atoms with Crippen LogP contribution in [0.2, 0.25) is 0 Å². The van der Waals surface area contributed by atoms with Gasteiger partial charge in [-0.1, -0.05) is 0 Å². The molecule has 0 aromatic heterocycles. The fourth-order valence-electron chi connectivity index (χ4n) is 0.750. The Hall–Kier alpha value is -0.450. The second-order valence-corrected chi connectivity index (χ2v) is 2.02. The van der Waals surface area contributed by atoms with Crippen LogP contribution in [0, 0.1) is 0 Å². The first-order chi connectivity index (χ1) is 4.19. The van der Waals surface area contributed by atoms with E-state index in [1.165, 1.54) is 0 Å². The van der Waals surface area contributed by atoms with Gasteiger partial charge in [0.15, 0.2) is 6.29 Å². The zero-order chi connectivity index (χ0) is 6.91. The smallest absolute Gasteiger partial charge is 0.250 e. The Labute approximate surface area is 52.1 Å². The Balaban J connectivity index is 2.66. The third-order valence-corrected chi connectivity index (χ3v) is 1.37. The van der Waals surface area contributed by atoms with Gasteiger partial charge in [-0.2, -0.15) is 0 Å². The molecule has 4 nitrogen and oxygen atoms in total. The molecule has 2 atom stereocenters. The van der Waals surface area contributed by atoms with Gasteiger partial charge in [-0.3, -0.25) is 4.79 Å². The normalized spacial score (nSPS) is 43.1. The van der Waals surface area contributed by atoms with E-state index in [0.29, 0.717) is 6.42 Å². The summed E-state index contributed by atoms with van der Waals surface area (Å²) in [6.07, 6.45) is -0.533. The van der Waals surface area contributed by atoms with Gasteiger partial charge in [0.2, 0.25) is 5.79 Å². The Kier molecular flexibility index (Phi) is 1.52. The number of carbonyl (C=O) groups is 1. The van der Waals surface area contributed by atoms with E-state index in [0.717, 1.165) is 0 Å². The summed E-state index contributed by atoms with van der Waals surface area (Å²) >= 11 is 0. The van der Waals surface area contributed by atoms with Gasteiger partial charge >= 0.3 is 0 Å². The van der Waals surface area contributed by atoms with Gasteiger partial charge < -0.3 is 14.9 Å². The average Bonchev–Trinajstić information content (AvgIpc) is 2.15. The number of carbonyl (C=O) groups excluding carboxylic acids is 1. The van der Waals surface area contributed by atoms with Crippen molar-refractivity contribution in [1.29, 1.82) is 0 Å². The molecule has 0 aliphatic carbocycles. The molecule has 1 aliphatic rings. The largest absolute Gasteiger partial charge is 0.387 e. The predicted octanol–water partition coefficient (Wildman–Crippen LogP) is -1.34. The van der Waals surface area contributed by atoms with Crippen molar-refractivity contribution in [2.75, 3.05) is 6.61 Å².